The smallest absolute Gasteiger partial charge is 0.179 e. The van der Waals surface area contributed by atoms with Gasteiger partial charge in [0.1, 0.15) is 5.69 Å². The van der Waals surface area contributed by atoms with Crippen molar-refractivity contribution in [2.45, 2.75) is 0 Å². The maximum Gasteiger partial charge on any atom is 0.179 e. The lowest BCUT2D eigenvalue weighted by atomic mass is 10.3. The average Bonchev–Trinajstić information content (AvgIpc) is 2.30. The summed E-state index contributed by atoms with van der Waals surface area (Å²) >= 11 is 0. The molecule has 0 aromatic carbocycles. The molecule has 0 aliphatic carbocycles. The predicted octanol–water partition coefficient (Wildman–Crippen LogP) is 0.746. The summed E-state index contributed by atoms with van der Waals surface area (Å²) in [6.07, 6.45) is 8.29. The third-order valence-corrected chi connectivity index (χ3v) is 1.60. The van der Waals surface area contributed by atoms with Gasteiger partial charge in [-0.3, -0.25) is 9.78 Å². The number of carbonyl (C=O) groups is 1. The minimum Gasteiger partial charge on any atom is -0.298 e. The van der Waals surface area contributed by atoms with Gasteiger partial charge in [-0.1, -0.05) is 0 Å². The molecule has 0 unspecified atom stereocenters. The molecule has 2 rings (SSSR count). The summed E-state index contributed by atoms with van der Waals surface area (Å²) in [5, 5.41) is 0. The van der Waals surface area contributed by atoms with Gasteiger partial charge in [0.2, 0.25) is 0 Å². The largest absolute Gasteiger partial charge is 0.298 e. The van der Waals surface area contributed by atoms with E-state index in [0.29, 0.717) is 23.4 Å². The molecular weight excluding hydrogens is 180 g/mol. The molecule has 5 nitrogen and oxygen atoms in total. The van der Waals surface area contributed by atoms with Gasteiger partial charge in [-0.15, -0.1) is 0 Å². The molecule has 0 aliphatic heterocycles. The zero-order chi connectivity index (χ0) is 9.80. The van der Waals surface area contributed by atoms with E-state index in [1.165, 1.54) is 12.4 Å². The van der Waals surface area contributed by atoms with Crippen LogP contribution < -0.4 is 0 Å². The number of hydrogen-bond acceptors (Lipinski definition) is 5. The fraction of sp³-hybridized carbons (Fsp3) is 0. The highest BCUT2D eigenvalue weighted by Crippen LogP contribution is 2.07. The summed E-state index contributed by atoms with van der Waals surface area (Å²) in [5.41, 5.74) is 1.03. The Morgan fingerprint density at radius 3 is 2.36 bits per heavy atom. The van der Waals surface area contributed by atoms with E-state index in [9.17, 15) is 4.79 Å². The molecule has 2 aromatic heterocycles. The molecule has 5 heteroatoms. The van der Waals surface area contributed by atoms with Crippen molar-refractivity contribution in [3.05, 3.63) is 36.5 Å². The van der Waals surface area contributed by atoms with Crippen molar-refractivity contribution in [1.29, 1.82) is 0 Å². The van der Waals surface area contributed by atoms with Crippen LogP contribution in [0.4, 0.5) is 0 Å². The Labute approximate surface area is 79.9 Å². The summed E-state index contributed by atoms with van der Waals surface area (Å²) in [7, 11) is 0. The number of nitrogens with zero attached hydrogens (tertiary/aromatic N) is 4. The van der Waals surface area contributed by atoms with E-state index in [1.54, 1.807) is 18.6 Å². The molecule has 2 heterocycles. The standard InChI is InChI=1S/C9H6N4O/c14-6-7-3-12-9(13-4-7)8-5-10-1-2-11-8/h1-6H. The topological polar surface area (TPSA) is 68.6 Å². The molecule has 0 N–H and O–H groups in total. The Morgan fingerprint density at radius 2 is 1.79 bits per heavy atom. The lowest BCUT2D eigenvalue weighted by molar-refractivity contribution is 0.112. The van der Waals surface area contributed by atoms with Crippen LogP contribution in [0, 0.1) is 0 Å². The minimum absolute atomic E-state index is 0.442. The van der Waals surface area contributed by atoms with Gasteiger partial charge in [-0.25, -0.2) is 15.0 Å². The Hall–Kier alpha value is -2.17. The number of aromatic nitrogens is 4. The second-order valence-electron chi connectivity index (χ2n) is 2.55. The van der Waals surface area contributed by atoms with E-state index in [0.717, 1.165) is 0 Å². The fourth-order valence-corrected chi connectivity index (χ4v) is 0.946. The summed E-state index contributed by atoms with van der Waals surface area (Å²) in [6, 6.07) is 0. The number of aldehydes is 1. The minimum atomic E-state index is 0.442. The molecular formula is C9H6N4O. The van der Waals surface area contributed by atoms with Crippen LogP contribution in [0.15, 0.2) is 31.0 Å². The molecule has 0 spiro atoms. The first-order valence-corrected chi connectivity index (χ1v) is 3.94. The first-order chi connectivity index (χ1) is 6.90. The number of rotatable bonds is 2. The van der Waals surface area contributed by atoms with E-state index < -0.39 is 0 Å². The van der Waals surface area contributed by atoms with Crippen LogP contribution in [0.2, 0.25) is 0 Å². The van der Waals surface area contributed by atoms with Gasteiger partial charge in [-0.2, -0.15) is 0 Å². The zero-order valence-corrected chi connectivity index (χ0v) is 7.16. The van der Waals surface area contributed by atoms with Crippen molar-refractivity contribution in [2.24, 2.45) is 0 Å². The molecule has 0 saturated heterocycles. The summed E-state index contributed by atoms with van der Waals surface area (Å²) in [5.74, 6) is 0.462. The van der Waals surface area contributed by atoms with Crippen LogP contribution in [0.1, 0.15) is 10.4 Å². The monoisotopic (exact) mass is 186 g/mol. The van der Waals surface area contributed by atoms with Crippen molar-refractivity contribution in [1.82, 2.24) is 19.9 Å². The Balaban J connectivity index is 2.39. The summed E-state index contributed by atoms with van der Waals surface area (Å²) in [6.45, 7) is 0. The van der Waals surface area contributed by atoms with Crippen LogP contribution in [-0.2, 0) is 0 Å². The molecule has 0 fully saturated rings. The quantitative estimate of drug-likeness (QED) is 0.647. The molecule has 68 valence electrons. The van der Waals surface area contributed by atoms with Crippen molar-refractivity contribution in [2.75, 3.05) is 0 Å². The molecule has 14 heavy (non-hydrogen) atoms. The molecule has 0 radical (unpaired) electrons. The second-order valence-corrected chi connectivity index (χ2v) is 2.55. The van der Waals surface area contributed by atoms with Gasteiger partial charge in [-0.05, 0) is 0 Å². The molecule has 0 atom stereocenters. The molecule has 0 saturated carbocycles. The van der Waals surface area contributed by atoms with Crippen LogP contribution in [0.25, 0.3) is 11.5 Å². The van der Waals surface area contributed by atoms with Crippen molar-refractivity contribution < 1.29 is 4.79 Å². The highest BCUT2D eigenvalue weighted by molar-refractivity contribution is 5.73. The van der Waals surface area contributed by atoms with Gasteiger partial charge < -0.3 is 0 Å². The maximum atomic E-state index is 10.3. The van der Waals surface area contributed by atoms with E-state index in [1.807, 2.05) is 0 Å². The fourth-order valence-electron chi connectivity index (χ4n) is 0.946. The van der Waals surface area contributed by atoms with Gasteiger partial charge in [0.25, 0.3) is 0 Å². The van der Waals surface area contributed by atoms with Gasteiger partial charge in [0, 0.05) is 24.8 Å². The summed E-state index contributed by atoms with van der Waals surface area (Å²) in [4.78, 5) is 26.2. The predicted molar refractivity (Wildman–Crippen MR) is 48.4 cm³/mol. The third-order valence-electron chi connectivity index (χ3n) is 1.60. The Kier molecular flexibility index (Phi) is 2.22. The highest BCUT2D eigenvalue weighted by Gasteiger charge is 2.01. The van der Waals surface area contributed by atoms with Gasteiger partial charge >= 0.3 is 0 Å². The lowest BCUT2D eigenvalue weighted by Gasteiger charge is -1.96. The maximum absolute atomic E-state index is 10.3. The van der Waals surface area contributed by atoms with Crippen LogP contribution >= 0.6 is 0 Å². The SMILES string of the molecule is O=Cc1cnc(-c2cnccn2)nc1. The number of hydrogen-bond donors (Lipinski definition) is 0. The van der Waals surface area contributed by atoms with E-state index in [2.05, 4.69) is 19.9 Å². The molecule has 0 bridgehead atoms. The highest BCUT2D eigenvalue weighted by atomic mass is 16.1. The van der Waals surface area contributed by atoms with Crippen molar-refractivity contribution in [3.63, 3.8) is 0 Å². The summed E-state index contributed by atoms with van der Waals surface area (Å²) < 4.78 is 0. The third kappa shape index (κ3) is 1.61. The van der Waals surface area contributed by atoms with Crippen LogP contribution in [0.5, 0.6) is 0 Å². The molecule has 0 amide bonds. The van der Waals surface area contributed by atoms with Gasteiger partial charge in [0.15, 0.2) is 12.1 Å². The van der Waals surface area contributed by atoms with Crippen molar-refractivity contribution >= 4 is 6.29 Å². The second kappa shape index (κ2) is 3.69. The normalized spacial score (nSPS) is 9.71. The first-order valence-electron chi connectivity index (χ1n) is 3.94. The Bertz CT molecular complexity index is 426. The van der Waals surface area contributed by atoms with E-state index >= 15 is 0 Å². The van der Waals surface area contributed by atoms with E-state index in [4.69, 9.17) is 0 Å². The van der Waals surface area contributed by atoms with E-state index in [-0.39, 0.29) is 0 Å². The molecule has 2 aromatic rings. The number of carbonyl (C=O) groups excluding carboxylic acids is 1. The Morgan fingerprint density at radius 1 is 1.00 bits per heavy atom. The first kappa shape index (κ1) is 8.43. The average molecular weight is 186 g/mol. The van der Waals surface area contributed by atoms with Gasteiger partial charge in [0.05, 0.1) is 11.8 Å². The lowest BCUT2D eigenvalue weighted by Crippen LogP contribution is -1.93. The van der Waals surface area contributed by atoms with Crippen LogP contribution in [-0.4, -0.2) is 26.2 Å². The van der Waals surface area contributed by atoms with Crippen LogP contribution in [0.3, 0.4) is 0 Å². The zero-order valence-electron chi connectivity index (χ0n) is 7.16. The molecule has 0 aliphatic rings. The van der Waals surface area contributed by atoms with Crippen molar-refractivity contribution in [3.8, 4) is 11.5 Å².